The van der Waals surface area contributed by atoms with Gasteiger partial charge in [-0.2, -0.15) is 0 Å². The second kappa shape index (κ2) is 6.08. The number of hydrogen-bond donors (Lipinski definition) is 1. The summed E-state index contributed by atoms with van der Waals surface area (Å²) in [5.41, 5.74) is 5.59. The molecule has 1 saturated heterocycles. The van der Waals surface area contributed by atoms with Gasteiger partial charge in [0.2, 0.25) is 5.91 Å². The van der Waals surface area contributed by atoms with Crippen LogP contribution >= 0.6 is 0 Å². The highest BCUT2D eigenvalue weighted by atomic mass is 16.2. The van der Waals surface area contributed by atoms with Gasteiger partial charge in [-0.25, -0.2) is 0 Å². The molecule has 15 heavy (non-hydrogen) atoms. The van der Waals surface area contributed by atoms with Crippen LogP contribution in [0.5, 0.6) is 0 Å². The van der Waals surface area contributed by atoms with Gasteiger partial charge in [-0.3, -0.25) is 4.79 Å². The lowest BCUT2D eigenvalue weighted by molar-refractivity contribution is -0.130. The quantitative estimate of drug-likeness (QED) is 0.713. The van der Waals surface area contributed by atoms with Gasteiger partial charge in [-0.05, 0) is 32.9 Å². The van der Waals surface area contributed by atoms with E-state index in [0.717, 1.165) is 13.1 Å². The molecule has 0 aromatic heterocycles. The molecule has 0 saturated carbocycles. The monoisotopic (exact) mass is 213 g/mol. The molecule has 1 aliphatic heterocycles. The molecule has 2 N–H and O–H groups in total. The number of nitrogens with zero attached hydrogens (tertiary/aromatic N) is 2. The van der Waals surface area contributed by atoms with Crippen molar-refractivity contribution in [1.29, 1.82) is 0 Å². The molecule has 0 aliphatic carbocycles. The van der Waals surface area contributed by atoms with Crippen LogP contribution in [0.2, 0.25) is 0 Å². The van der Waals surface area contributed by atoms with Crippen molar-refractivity contribution in [3.8, 4) is 0 Å². The summed E-state index contributed by atoms with van der Waals surface area (Å²) in [6.45, 7) is 6.07. The summed E-state index contributed by atoms with van der Waals surface area (Å²) >= 11 is 0. The van der Waals surface area contributed by atoms with Crippen LogP contribution in [0, 0.1) is 0 Å². The minimum Gasteiger partial charge on any atom is -0.344 e. The fraction of sp³-hybridized carbons (Fsp3) is 0.909. The first-order valence-corrected chi connectivity index (χ1v) is 5.81. The first kappa shape index (κ1) is 12.5. The molecule has 1 unspecified atom stereocenters. The van der Waals surface area contributed by atoms with E-state index in [9.17, 15) is 4.79 Å². The number of likely N-dealkylation sites (N-methyl/N-ethyl adjacent to an activating group) is 1. The van der Waals surface area contributed by atoms with Crippen LogP contribution in [0.4, 0.5) is 0 Å². The molecule has 1 aliphatic rings. The predicted octanol–water partition coefficient (Wildman–Crippen LogP) is 0.278. The molecule has 4 nitrogen and oxygen atoms in total. The maximum absolute atomic E-state index is 11.6. The molecular weight excluding hydrogens is 190 g/mol. The maximum atomic E-state index is 11.6. The summed E-state index contributed by atoms with van der Waals surface area (Å²) in [6, 6.07) is -0.0354. The van der Waals surface area contributed by atoms with Crippen molar-refractivity contribution in [1.82, 2.24) is 9.80 Å². The third-order valence-corrected chi connectivity index (χ3v) is 2.87. The zero-order valence-corrected chi connectivity index (χ0v) is 9.91. The number of likely N-dealkylation sites (tertiary alicyclic amines) is 1. The Labute approximate surface area is 92.4 Å². The Morgan fingerprint density at radius 3 is 2.60 bits per heavy atom. The van der Waals surface area contributed by atoms with Gasteiger partial charge in [0.25, 0.3) is 0 Å². The van der Waals surface area contributed by atoms with Gasteiger partial charge in [0, 0.05) is 32.6 Å². The van der Waals surface area contributed by atoms with Gasteiger partial charge in [-0.15, -0.1) is 0 Å². The van der Waals surface area contributed by atoms with E-state index in [2.05, 4.69) is 4.90 Å². The average Bonchev–Trinajstić information content (AvgIpc) is 2.65. The third-order valence-electron chi connectivity index (χ3n) is 2.87. The van der Waals surface area contributed by atoms with Gasteiger partial charge in [0.1, 0.15) is 0 Å². The van der Waals surface area contributed by atoms with Gasteiger partial charge in [-0.1, -0.05) is 0 Å². The number of rotatable bonds is 5. The van der Waals surface area contributed by atoms with Crippen molar-refractivity contribution in [2.45, 2.75) is 32.2 Å². The van der Waals surface area contributed by atoms with Crippen LogP contribution in [0.3, 0.4) is 0 Å². The number of nitrogens with two attached hydrogens (primary N) is 1. The maximum Gasteiger partial charge on any atom is 0.223 e. The molecule has 1 atom stereocenters. The van der Waals surface area contributed by atoms with E-state index in [1.807, 2.05) is 14.0 Å². The fourth-order valence-corrected chi connectivity index (χ4v) is 1.85. The van der Waals surface area contributed by atoms with Crippen LogP contribution in [-0.2, 0) is 4.79 Å². The van der Waals surface area contributed by atoms with Crippen LogP contribution in [0.25, 0.3) is 0 Å². The van der Waals surface area contributed by atoms with E-state index in [4.69, 9.17) is 5.73 Å². The lowest BCUT2D eigenvalue weighted by Gasteiger charge is -2.22. The lowest BCUT2D eigenvalue weighted by Crippen LogP contribution is -2.37. The van der Waals surface area contributed by atoms with E-state index in [0.29, 0.717) is 6.42 Å². The van der Waals surface area contributed by atoms with E-state index in [1.165, 1.54) is 25.9 Å². The molecule has 88 valence electrons. The second-order valence-corrected chi connectivity index (χ2v) is 4.55. The highest BCUT2D eigenvalue weighted by Crippen LogP contribution is 2.06. The second-order valence-electron chi connectivity index (χ2n) is 4.55. The minimum atomic E-state index is -0.0354. The van der Waals surface area contributed by atoms with Crippen LogP contribution in [0.1, 0.15) is 26.2 Å². The first-order chi connectivity index (χ1) is 7.09. The molecular formula is C11H23N3O. The van der Waals surface area contributed by atoms with Gasteiger partial charge >= 0.3 is 0 Å². The normalized spacial score (nSPS) is 19.1. The number of carbonyl (C=O) groups excluding carboxylic acids is 1. The molecule has 1 heterocycles. The highest BCUT2D eigenvalue weighted by molar-refractivity contribution is 5.76. The van der Waals surface area contributed by atoms with Gasteiger partial charge in [0.05, 0.1) is 0 Å². The van der Waals surface area contributed by atoms with Crippen LogP contribution < -0.4 is 5.73 Å². The predicted molar refractivity (Wildman–Crippen MR) is 61.6 cm³/mol. The first-order valence-electron chi connectivity index (χ1n) is 5.81. The van der Waals surface area contributed by atoms with Crippen molar-refractivity contribution >= 4 is 5.91 Å². The molecule has 1 rings (SSSR count). The largest absolute Gasteiger partial charge is 0.344 e. The molecule has 0 aromatic carbocycles. The summed E-state index contributed by atoms with van der Waals surface area (Å²) in [5, 5.41) is 0. The zero-order valence-electron chi connectivity index (χ0n) is 9.91. The van der Waals surface area contributed by atoms with Gasteiger partial charge in [0.15, 0.2) is 0 Å². The molecule has 0 aromatic rings. The third kappa shape index (κ3) is 4.62. The smallest absolute Gasteiger partial charge is 0.223 e. The molecule has 0 radical (unpaired) electrons. The zero-order chi connectivity index (χ0) is 11.3. The van der Waals surface area contributed by atoms with Gasteiger partial charge < -0.3 is 15.5 Å². The summed E-state index contributed by atoms with van der Waals surface area (Å²) in [6.07, 6.45) is 3.06. The number of hydrogen-bond acceptors (Lipinski definition) is 3. The summed E-state index contributed by atoms with van der Waals surface area (Å²) in [4.78, 5) is 15.8. The fourth-order valence-electron chi connectivity index (χ4n) is 1.85. The standard InChI is InChI=1S/C11H23N3O/c1-10(12)9-11(15)13(2)7-8-14-5-3-4-6-14/h10H,3-9,12H2,1-2H3. The molecule has 0 bridgehead atoms. The van der Waals surface area contributed by atoms with Crippen molar-refractivity contribution in [3.05, 3.63) is 0 Å². The van der Waals surface area contributed by atoms with E-state index in [-0.39, 0.29) is 11.9 Å². The Morgan fingerprint density at radius 2 is 2.07 bits per heavy atom. The van der Waals surface area contributed by atoms with E-state index in [1.54, 1.807) is 4.90 Å². The number of amides is 1. The summed E-state index contributed by atoms with van der Waals surface area (Å²) in [7, 11) is 1.86. The van der Waals surface area contributed by atoms with E-state index < -0.39 is 0 Å². The van der Waals surface area contributed by atoms with Crippen molar-refractivity contribution < 1.29 is 4.79 Å². The molecule has 4 heteroatoms. The SMILES string of the molecule is CC(N)CC(=O)N(C)CCN1CCCC1. The minimum absolute atomic E-state index is 0.0354. The Bertz CT molecular complexity index is 200. The van der Waals surface area contributed by atoms with E-state index >= 15 is 0 Å². The Kier molecular flexibility index (Phi) is 5.05. The molecule has 1 amide bonds. The Morgan fingerprint density at radius 1 is 1.47 bits per heavy atom. The van der Waals surface area contributed by atoms with Crippen molar-refractivity contribution in [2.75, 3.05) is 33.2 Å². The van der Waals surface area contributed by atoms with Crippen molar-refractivity contribution in [3.63, 3.8) is 0 Å². The average molecular weight is 213 g/mol. The highest BCUT2D eigenvalue weighted by Gasteiger charge is 2.14. The number of carbonyl (C=O) groups is 1. The molecule has 1 fully saturated rings. The topological polar surface area (TPSA) is 49.6 Å². The van der Waals surface area contributed by atoms with Crippen LogP contribution in [0.15, 0.2) is 0 Å². The Hall–Kier alpha value is -0.610. The van der Waals surface area contributed by atoms with Crippen LogP contribution in [-0.4, -0.2) is 55.0 Å². The summed E-state index contributed by atoms with van der Waals surface area (Å²) in [5.74, 6) is 0.157. The Balaban J connectivity index is 2.16. The van der Waals surface area contributed by atoms with Crippen molar-refractivity contribution in [2.24, 2.45) is 5.73 Å². The lowest BCUT2D eigenvalue weighted by atomic mass is 10.2. The summed E-state index contributed by atoms with van der Waals surface area (Å²) < 4.78 is 0. The molecule has 0 spiro atoms.